The number of nitrogens with one attached hydrogen (secondary N) is 3. The quantitative estimate of drug-likeness (QED) is 0.382. The molecule has 2 aromatic heterocycles. The monoisotopic (exact) mass is 432 g/mol. The van der Waals surface area contributed by atoms with Gasteiger partial charge >= 0.3 is 0 Å². The third-order valence-corrected chi connectivity index (χ3v) is 5.65. The number of aromatic nitrogens is 2. The molecule has 29 heavy (non-hydrogen) atoms. The van der Waals surface area contributed by atoms with E-state index in [-0.39, 0.29) is 23.1 Å². The van der Waals surface area contributed by atoms with Gasteiger partial charge in [-0.25, -0.2) is 9.97 Å². The normalized spacial score (nSPS) is 16.1. The number of hydrogen-bond acceptors (Lipinski definition) is 7. The van der Waals surface area contributed by atoms with Crippen molar-refractivity contribution in [3.8, 4) is 10.6 Å². The van der Waals surface area contributed by atoms with E-state index in [0.717, 1.165) is 5.56 Å². The number of amidine groups is 1. The second kappa shape index (κ2) is 8.30. The predicted molar refractivity (Wildman–Crippen MR) is 113 cm³/mol. The molecule has 1 fully saturated rings. The average Bonchev–Trinajstić information content (AvgIpc) is 3.27. The van der Waals surface area contributed by atoms with Gasteiger partial charge in [-0.1, -0.05) is 25.4 Å². The highest BCUT2D eigenvalue weighted by atomic mass is 35.5. The number of carbonyl (C=O) groups is 2. The van der Waals surface area contributed by atoms with Crippen LogP contribution in [0.5, 0.6) is 0 Å². The zero-order valence-corrected chi connectivity index (χ0v) is 17.8. The van der Waals surface area contributed by atoms with Crippen LogP contribution < -0.4 is 10.6 Å². The van der Waals surface area contributed by atoms with Crippen LogP contribution in [0.1, 0.15) is 30.8 Å². The maximum atomic E-state index is 12.7. The SMILES string of the molecule is CN/C=C(/NC(=O)c1csc(-c2ccnc(Cl)c2)n1)C(=N)N1CCC(C)(C)C1=O. The van der Waals surface area contributed by atoms with Crippen molar-refractivity contribution < 1.29 is 9.59 Å². The van der Waals surface area contributed by atoms with Gasteiger partial charge in [0.1, 0.15) is 15.9 Å². The van der Waals surface area contributed by atoms with E-state index in [1.54, 1.807) is 30.8 Å². The molecule has 0 unspecified atom stereocenters. The first kappa shape index (κ1) is 20.9. The fourth-order valence-corrected chi connectivity index (χ4v) is 3.84. The number of pyridine rings is 1. The smallest absolute Gasteiger partial charge is 0.275 e. The Kier molecular flexibility index (Phi) is 5.99. The molecule has 10 heteroatoms. The minimum absolute atomic E-state index is 0.0559. The van der Waals surface area contributed by atoms with Crippen molar-refractivity contribution in [2.24, 2.45) is 5.41 Å². The van der Waals surface area contributed by atoms with Crippen LogP contribution in [-0.4, -0.2) is 46.1 Å². The second-order valence-corrected chi connectivity index (χ2v) is 8.39. The number of likely N-dealkylation sites (tertiary alicyclic amines) is 1. The molecule has 1 saturated heterocycles. The molecule has 0 saturated carbocycles. The van der Waals surface area contributed by atoms with E-state index in [9.17, 15) is 9.59 Å². The van der Waals surface area contributed by atoms with E-state index < -0.39 is 11.3 Å². The number of rotatable bonds is 5. The Balaban J connectivity index is 1.76. The first-order chi connectivity index (χ1) is 13.7. The molecule has 152 valence electrons. The number of halogens is 1. The number of nitrogens with zero attached hydrogens (tertiary/aromatic N) is 3. The predicted octanol–water partition coefficient (Wildman–Crippen LogP) is 2.88. The highest BCUT2D eigenvalue weighted by Crippen LogP contribution is 2.31. The maximum Gasteiger partial charge on any atom is 0.275 e. The molecule has 2 aromatic rings. The first-order valence-electron chi connectivity index (χ1n) is 8.90. The van der Waals surface area contributed by atoms with Crippen LogP contribution in [0.3, 0.4) is 0 Å². The Morgan fingerprint density at radius 1 is 1.45 bits per heavy atom. The van der Waals surface area contributed by atoms with Gasteiger partial charge < -0.3 is 10.6 Å². The van der Waals surface area contributed by atoms with Gasteiger partial charge in [0.25, 0.3) is 5.91 Å². The molecule has 3 N–H and O–H groups in total. The minimum Gasteiger partial charge on any atom is -0.392 e. The van der Waals surface area contributed by atoms with E-state index in [2.05, 4.69) is 20.6 Å². The van der Waals surface area contributed by atoms with Gasteiger partial charge in [-0.3, -0.25) is 19.9 Å². The molecular weight excluding hydrogens is 412 g/mol. The number of carbonyl (C=O) groups excluding carboxylic acids is 2. The van der Waals surface area contributed by atoms with E-state index in [1.165, 1.54) is 22.4 Å². The topological polar surface area (TPSA) is 111 Å². The highest BCUT2D eigenvalue weighted by molar-refractivity contribution is 7.13. The Morgan fingerprint density at radius 3 is 2.83 bits per heavy atom. The third kappa shape index (κ3) is 4.46. The molecule has 0 aromatic carbocycles. The first-order valence-corrected chi connectivity index (χ1v) is 10.2. The summed E-state index contributed by atoms with van der Waals surface area (Å²) in [5.74, 6) is -0.659. The highest BCUT2D eigenvalue weighted by Gasteiger charge is 2.41. The van der Waals surface area contributed by atoms with Crippen LogP contribution in [0.2, 0.25) is 5.15 Å². The minimum atomic E-state index is -0.517. The summed E-state index contributed by atoms with van der Waals surface area (Å²) < 4.78 is 0. The van der Waals surface area contributed by atoms with Gasteiger partial charge in [-0.15, -0.1) is 11.3 Å². The van der Waals surface area contributed by atoms with Crippen molar-refractivity contribution in [2.45, 2.75) is 20.3 Å². The van der Waals surface area contributed by atoms with E-state index in [4.69, 9.17) is 17.0 Å². The van der Waals surface area contributed by atoms with Gasteiger partial charge in [0.2, 0.25) is 5.91 Å². The zero-order chi connectivity index (χ0) is 21.2. The molecule has 3 heterocycles. The lowest BCUT2D eigenvalue weighted by molar-refractivity contribution is -0.131. The molecule has 0 radical (unpaired) electrons. The van der Waals surface area contributed by atoms with Gasteiger partial charge in [-0.2, -0.15) is 0 Å². The van der Waals surface area contributed by atoms with Crippen LogP contribution in [0.15, 0.2) is 35.6 Å². The molecule has 0 bridgehead atoms. The van der Waals surface area contributed by atoms with Crippen molar-refractivity contribution in [3.63, 3.8) is 0 Å². The molecule has 8 nitrogen and oxygen atoms in total. The molecule has 1 aliphatic heterocycles. The summed E-state index contributed by atoms with van der Waals surface area (Å²) >= 11 is 7.22. The van der Waals surface area contributed by atoms with Crippen LogP contribution in [0.4, 0.5) is 0 Å². The van der Waals surface area contributed by atoms with Gasteiger partial charge in [0, 0.05) is 42.3 Å². The Hall–Kier alpha value is -2.78. The van der Waals surface area contributed by atoms with Crippen LogP contribution >= 0.6 is 22.9 Å². The Morgan fingerprint density at radius 2 is 2.21 bits per heavy atom. The molecule has 0 atom stereocenters. The summed E-state index contributed by atoms with van der Waals surface area (Å²) in [6.45, 7) is 4.14. The van der Waals surface area contributed by atoms with Crippen LogP contribution in [-0.2, 0) is 4.79 Å². The Bertz CT molecular complexity index is 1000. The van der Waals surface area contributed by atoms with Crippen LogP contribution in [0.25, 0.3) is 10.6 Å². The maximum absolute atomic E-state index is 12.7. The fraction of sp³-hybridized carbons (Fsp3) is 0.316. The fourth-order valence-electron chi connectivity index (χ4n) is 2.86. The summed E-state index contributed by atoms with van der Waals surface area (Å²) in [6, 6.07) is 3.43. The molecule has 2 amide bonds. The summed E-state index contributed by atoms with van der Waals surface area (Å²) in [6.07, 6.45) is 3.70. The molecule has 3 rings (SSSR count). The van der Waals surface area contributed by atoms with E-state index in [1.807, 2.05) is 13.8 Å². The molecular formula is C19H21ClN6O2S. The number of amides is 2. The average molecular weight is 433 g/mol. The van der Waals surface area contributed by atoms with Crippen molar-refractivity contribution in [2.75, 3.05) is 13.6 Å². The molecule has 1 aliphatic rings. The van der Waals surface area contributed by atoms with Crippen molar-refractivity contribution in [1.82, 2.24) is 25.5 Å². The van der Waals surface area contributed by atoms with Gasteiger partial charge in [-0.05, 0) is 18.6 Å². The second-order valence-electron chi connectivity index (χ2n) is 7.15. The summed E-state index contributed by atoms with van der Waals surface area (Å²) in [7, 11) is 1.66. The van der Waals surface area contributed by atoms with E-state index >= 15 is 0 Å². The van der Waals surface area contributed by atoms with Gasteiger partial charge in [0.15, 0.2) is 5.84 Å². The van der Waals surface area contributed by atoms with Crippen molar-refractivity contribution in [3.05, 3.63) is 46.5 Å². The summed E-state index contributed by atoms with van der Waals surface area (Å²) in [4.78, 5) is 34.9. The lowest BCUT2D eigenvalue weighted by atomic mass is 9.92. The van der Waals surface area contributed by atoms with E-state index in [0.29, 0.717) is 23.1 Å². The zero-order valence-electron chi connectivity index (χ0n) is 16.2. The van der Waals surface area contributed by atoms with Crippen molar-refractivity contribution >= 4 is 40.6 Å². The Labute approximate surface area is 177 Å². The van der Waals surface area contributed by atoms with Crippen LogP contribution in [0, 0.1) is 10.8 Å². The summed E-state index contributed by atoms with van der Waals surface area (Å²) in [5.41, 5.74) is 0.653. The standard InChI is InChI=1S/C19H21ClN6O2S/c1-19(2)5-7-26(18(19)28)15(21)12(9-22-3)24-16(27)13-10-29-17(25-13)11-4-6-23-14(20)8-11/h4,6,8-10,21-22H,5,7H2,1-3H3,(H,24,27)/b12-9+,21-15?. The van der Waals surface area contributed by atoms with Crippen molar-refractivity contribution in [1.29, 1.82) is 5.41 Å². The third-order valence-electron chi connectivity index (χ3n) is 4.56. The molecule has 0 spiro atoms. The summed E-state index contributed by atoms with van der Waals surface area (Å²) in [5, 5.41) is 16.5. The lowest BCUT2D eigenvalue weighted by Gasteiger charge is -2.22. The number of thiazole rings is 1. The van der Waals surface area contributed by atoms with Gasteiger partial charge in [0.05, 0.1) is 5.70 Å². The number of hydrogen-bond donors (Lipinski definition) is 3. The molecule has 0 aliphatic carbocycles. The largest absolute Gasteiger partial charge is 0.392 e. The lowest BCUT2D eigenvalue weighted by Crippen LogP contribution is -2.41.